The first-order valence-electron chi connectivity index (χ1n) is 9.24. The second-order valence-electron chi connectivity index (χ2n) is 6.19. The number of rotatable bonds is 4. The van der Waals surface area contributed by atoms with E-state index in [9.17, 15) is 4.79 Å². The number of hydrogen-bond donors (Lipinski definition) is 1. The number of nitrogens with zero attached hydrogens (tertiary/aromatic N) is 1. The van der Waals surface area contributed by atoms with E-state index in [1.165, 1.54) is 11.1 Å². The van der Waals surface area contributed by atoms with Crippen molar-refractivity contribution in [2.75, 3.05) is 12.4 Å². The summed E-state index contributed by atoms with van der Waals surface area (Å²) in [4.78, 5) is 19.7. The van der Waals surface area contributed by atoms with Gasteiger partial charge in [0, 0.05) is 30.7 Å². The van der Waals surface area contributed by atoms with Gasteiger partial charge in [0.1, 0.15) is 6.79 Å². The average Bonchev–Trinajstić information content (AvgIpc) is 2.72. The Kier molecular flexibility index (Phi) is 9.59. The molecule has 144 valence electrons. The molecule has 0 saturated heterocycles. The van der Waals surface area contributed by atoms with Crippen LogP contribution in [0, 0.1) is 6.92 Å². The number of fused-ring (bicyclic) bond motifs is 1. The molecule has 0 bridgehead atoms. The number of aryl methyl sites for hydroxylation is 3. The molecule has 4 nitrogen and oxygen atoms in total. The first-order chi connectivity index (χ1) is 13.1. The largest absolute Gasteiger partial charge is 0.388 e. The smallest absolute Gasteiger partial charge is 0.251 e. The third-order valence-corrected chi connectivity index (χ3v) is 4.25. The van der Waals surface area contributed by atoms with Crippen molar-refractivity contribution in [2.24, 2.45) is 0 Å². The molecule has 0 amide bonds. The van der Waals surface area contributed by atoms with Crippen molar-refractivity contribution in [3.63, 3.8) is 0 Å². The zero-order valence-electron chi connectivity index (χ0n) is 16.8. The van der Waals surface area contributed by atoms with Crippen molar-refractivity contribution in [3.8, 4) is 0 Å². The summed E-state index contributed by atoms with van der Waals surface area (Å²) in [6.45, 7) is 9.13. The van der Waals surface area contributed by atoms with Gasteiger partial charge < -0.3 is 14.7 Å². The first-order valence-corrected chi connectivity index (χ1v) is 9.24. The maximum Gasteiger partial charge on any atom is 0.251 e. The predicted octanol–water partition coefficient (Wildman–Crippen LogP) is 4.83. The van der Waals surface area contributed by atoms with Gasteiger partial charge in [0.15, 0.2) is 0 Å². The van der Waals surface area contributed by atoms with E-state index in [-0.39, 0.29) is 5.56 Å². The van der Waals surface area contributed by atoms with Crippen LogP contribution in [0.3, 0.4) is 0 Å². The minimum absolute atomic E-state index is 0.0755. The number of carbonyl (C=O) groups excluding carboxylic acids is 1. The molecule has 0 saturated carbocycles. The van der Waals surface area contributed by atoms with E-state index in [0.717, 1.165) is 36.0 Å². The Bertz CT molecular complexity index is 883. The van der Waals surface area contributed by atoms with Crippen LogP contribution in [-0.4, -0.2) is 18.4 Å². The third-order valence-electron chi connectivity index (χ3n) is 4.25. The molecule has 1 N–H and O–H groups in total. The maximum atomic E-state index is 11.7. The van der Waals surface area contributed by atoms with E-state index in [2.05, 4.69) is 56.4 Å². The van der Waals surface area contributed by atoms with Crippen molar-refractivity contribution in [1.29, 1.82) is 0 Å². The van der Waals surface area contributed by atoms with Gasteiger partial charge in [0.2, 0.25) is 0 Å². The quantitative estimate of drug-likeness (QED) is 0.720. The van der Waals surface area contributed by atoms with Gasteiger partial charge in [-0.15, -0.1) is 0 Å². The lowest BCUT2D eigenvalue weighted by atomic mass is 10.1. The van der Waals surface area contributed by atoms with Gasteiger partial charge in [-0.2, -0.15) is 0 Å². The fraction of sp³-hybridized carbons (Fsp3) is 0.304. The molecule has 4 heteroatoms. The summed E-state index contributed by atoms with van der Waals surface area (Å²) in [5.41, 5.74) is 4.90. The number of benzene rings is 2. The molecule has 3 aromatic rings. The van der Waals surface area contributed by atoms with Gasteiger partial charge in [-0.1, -0.05) is 43.7 Å². The molecular formula is C23H30N2O2. The van der Waals surface area contributed by atoms with Gasteiger partial charge >= 0.3 is 0 Å². The summed E-state index contributed by atoms with van der Waals surface area (Å²) < 4.78 is 1.83. The number of hydrogen-bond acceptors (Lipinski definition) is 3. The standard InChI is InChI=1S/C13H16N2O.C9H12.CH2O/c1-3-8-15-12-6-5-11(14-2)9-10(12)4-7-13(15)16;1-3-9-6-4-8(2)5-7-9;1-2/h4-7,9,14H,3,8H2,1-2H3;4-7H,3H2,1-2H3;1H2. The van der Waals surface area contributed by atoms with E-state index < -0.39 is 0 Å². The van der Waals surface area contributed by atoms with Crippen LogP contribution in [0.15, 0.2) is 59.4 Å². The summed E-state index contributed by atoms with van der Waals surface area (Å²) in [6, 6.07) is 18.2. The highest BCUT2D eigenvalue weighted by molar-refractivity contribution is 5.82. The lowest BCUT2D eigenvalue weighted by Gasteiger charge is -2.09. The lowest BCUT2D eigenvalue weighted by molar-refractivity contribution is -0.0979. The van der Waals surface area contributed by atoms with Gasteiger partial charge in [-0.05, 0) is 49.6 Å². The van der Waals surface area contributed by atoms with Crippen molar-refractivity contribution in [2.45, 2.75) is 40.2 Å². The summed E-state index contributed by atoms with van der Waals surface area (Å²) >= 11 is 0. The molecule has 0 unspecified atom stereocenters. The molecule has 0 radical (unpaired) electrons. The molecular weight excluding hydrogens is 336 g/mol. The van der Waals surface area contributed by atoms with Gasteiger partial charge in [0.05, 0.1) is 5.52 Å². The summed E-state index contributed by atoms with van der Waals surface area (Å²) in [5, 5.41) is 4.19. The first kappa shape index (κ1) is 22.2. The molecule has 0 aliphatic rings. The number of pyridine rings is 1. The molecule has 0 aliphatic heterocycles. The Morgan fingerprint density at radius 2 is 1.63 bits per heavy atom. The maximum absolute atomic E-state index is 11.7. The minimum atomic E-state index is 0.0755. The second kappa shape index (κ2) is 11.7. The fourth-order valence-corrected chi connectivity index (χ4v) is 2.74. The topological polar surface area (TPSA) is 51.1 Å². The fourth-order valence-electron chi connectivity index (χ4n) is 2.74. The number of carbonyl (C=O) groups is 1. The van der Waals surface area contributed by atoms with Crippen LogP contribution in [0.25, 0.3) is 10.9 Å². The SMILES string of the molecule is C=O.CCCn1c(=O)ccc2cc(NC)ccc21.CCc1ccc(C)cc1. The van der Waals surface area contributed by atoms with Crippen molar-refractivity contribution in [1.82, 2.24) is 4.57 Å². The lowest BCUT2D eigenvalue weighted by Crippen LogP contribution is -2.18. The van der Waals surface area contributed by atoms with Gasteiger partial charge in [-0.3, -0.25) is 4.79 Å². The third kappa shape index (κ3) is 6.41. The highest BCUT2D eigenvalue weighted by atomic mass is 16.1. The van der Waals surface area contributed by atoms with Crippen molar-refractivity contribution < 1.29 is 4.79 Å². The van der Waals surface area contributed by atoms with Crippen molar-refractivity contribution >= 4 is 23.4 Å². The van der Waals surface area contributed by atoms with E-state index in [0.29, 0.717) is 0 Å². The Morgan fingerprint density at radius 3 is 2.19 bits per heavy atom. The molecule has 0 aliphatic carbocycles. The van der Waals surface area contributed by atoms with E-state index in [1.807, 2.05) is 36.6 Å². The number of aromatic nitrogens is 1. The highest BCUT2D eigenvalue weighted by Gasteiger charge is 2.02. The molecule has 1 aromatic heterocycles. The Hall–Kier alpha value is -2.88. The van der Waals surface area contributed by atoms with E-state index >= 15 is 0 Å². The van der Waals surface area contributed by atoms with Crippen LogP contribution in [0.5, 0.6) is 0 Å². The molecule has 1 heterocycles. The van der Waals surface area contributed by atoms with Crippen molar-refractivity contribution in [3.05, 3.63) is 76.1 Å². The molecule has 2 aromatic carbocycles. The summed E-state index contributed by atoms with van der Waals surface area (Å²) in [5.74, 6) is 0. The molecule has 3 rings (SSSR count). The zero-order chi connectivity index (χ0) is 20.2. The van der Waals surface area contributed by atoms with E-state index in [1.54, 1.807) is 6.07 Å². The van der Waals surface area contributed by atoms with Gasteiger partial charge in [0.25, 0.3) is 5.56 Å². The zero-order valence-corrected chi connectivity index (χ0v) is 16.8. The number of nitrogens with one attached hydrogen (secondary N) is 1. The highest BCUT2D eigenvalue weighted by Crippen LogP contribution is 2.17. The Labute approximate surface area is 161 Å². The average molecular weight is 367 g/mol. The Balaban J connectivity index is 0.000000282. The summed E-state index contributed by atoms with van der Waals surface area (Å²) in [7, 11) is 1.89. The van der Waals surface area contributed by atoms with Crippen LogP contribution < -0.4 is 10.9 Å². The Morgan fingerprint density at radius 1 is 0.963 bits per heavy atom. The normalized spacial score (nSPS) is 9.63. The monoisotopic (exact) mass is 366 g/mol. The van der Waals surface area contributed by atoms with Crippen LogP contribution in [-0.2, 0) is 17.8 Å². The summed E-state index contributed by atoms with van der Waals surface area (Å²) in [6.07, 6.45) is 2.10. The second-order valence-corrected chi connectivity index (χ2v) is 6.19. The van der Waals surface area contributed by atoms with Gasteiger partial charge in [-0.25, -0.2) is 0 Å². The van der Waals surface area contributed by atoms with Crippen LogP contribution in [0.4, 0.5) is 5.69 Å². The number of anilines is 1. The van der Waals surface area contributed by atoms with Crippen LogP contribution in [0.2, 0.25) is 0 Å². The van der Waals surface area contributed by atoms with Crippen LogP contribution in [0.1, 0.15) is 31.4 Å². The van der Waals surface area contributed by atoms with E-state index in [4.69, 9.17) is 4.79 Å². The predicted molar refractivity (Wildman–Crippen MR) is 116 cm³/mol. The molecule has 27 heavy (non-hydrogen) atoms. The molecule has 0 fully saturated rings. The molecule has 0 atom stereocenters. The van der Waals surface area contributed by atoms with Crippen LogP contribution >= 0.6 is 0 Å². The minimum Gasteiger partial charge on any atom is -0.388 e. The molecule has 0 spiro atoms.